The number of nitrogens with two attached hydrogens (primary N) is 1. The van der Waals surface area contributed by atoms with Crippen LogP contribution in [0.4, 0.5) is 0 Å². The minimum atomic E-state index is -0.0186. The highest BCUT2D eigenvalue weighted by Gasteiger charge is 2.53. The van der Waals surface area contributed by atoms with Gasteiger partial charge in [0.1, 0.15) is 0 Å². The second-order valence-corrected chi connectivity index (χ2v) is 4.39. The van der Waals surface area contributed by atoms with Crippen LogP contribution >= 0.6 is 0 Å². The van der Waals surface area contributed by atoms with Gasteiger partial charge in [-0.1, -0.05) is 29.8 Å². The minimum absolute atomic E-state index is 0.0186. The first-order valence-electron chi connectivity index (χ1n) is 5.09. The lowest BCUT2D eigenvalue weighted by Gasteiger charge is -2.10. The molecule has 2 nitrogen and oxygen atoms in total. The van der Waals surface area contributed by atoms with Gasteiger partial charge in [-0.05, 0) is 24.8 Å². The summed E-state index contributed by atoms with van der Waals surface area (Å²) in [5, 5.41) is 9.26. The predicted octanol–water partition coefficient (Wildman–Crippen LogP) is 1.42. The van der Waals surface area contributed by atoms with Crippen LogP contribution in [0.25, 0.3) is 0 Å². The molecule has 0 heterocycles. The molecule has 1 aromatic carbocycles. The molecular weight excluding hydrogens is 174 g/mol. The van der Waals surface area contributed by atoms with E-state index in [0.29, 0.717) is 12.5 Å². The molecule has 0 radical (unpaired) electrons. The molecule has 0 aromatic heterocycles. The Bertz CT molecular complexity index is 314. The Balaban J connectivity index is 2.16. The maximum absolute atomic E-state index is 9.26. The highest BCUT2D eigenvalue weighted by molar-refractivity contribution is 5.32. The van der Waals surface area contributed by atoms with Crippen molar-refractivity contribution < 1.29 is 5.11 Å². The monoisotopic (exact) mass is 191 g/mol. The van der Waals surface area contributed by atoms with Crippen LogP contribution in [0.3, 0.4) is 0 Å². The van der Waals surface area contributed by atoms with Crippen molar-refractivity contribution in [1.82, 2.24) is 0 Å². The zero-order chi connectivity index (χ0) is 10.2. The molecule has 1 aliphatic rings. The van der Waals surface area contributed by atoms with E-state index >= 15 is 0 Å². The average Bonchev–Trinajstić information content (AvgIpc) is 2.94. The molecule has 2 heteroatoms. The van der Waals surface area contributed by atoms with E-state index in [1.807, 2.05) is 0 Å². The topological polar surface area (TPSA) is 46.2 Å². The summed E-state index contributed by atoms with van der Waals surface area (Å²) in [4.78, 5) is 0. The van der Waals surface area contributed by atoms with Crippen LogP contribution in [0.2, 0.25) is 0 Å². The van der Waals surface area contributed by atoms with Crippen molar-refractivity contribution in [2.45, 2.75) is 19.3 Å². The molecule has 2 rings (SSSR count). The molecule has 14 heavy (non-hydrogen) atoms. The Labute approximate surface area is 84.7 Å². The lowest BCUT2D eigenvalue weighted by atomic mass is 9.99. The van der Waals surface area contributed by atoms with Crippen LogP contribution in [-0.4, -0.2) is 18.3 Å². The van der Waals surface area contributed by atoms with Gasteiger partial charge in [0.15, 0.2) is 0 Å². The summed E-state index contributed by atoms with van der Waals surface area (Å²) in [6.07, 6.45) is 1.03. The van der Waals surface area contributed by atoms with Crippen LogP contribution in [-0.2, 0) is 0 Å². The molecule has 1 aliphatic carbocycles. The van der Waals surface area contributed by atoms with Crippen LogP contribution < -0.4 is 5.73 Å². The van der Waals surface area contributed by atoms with Crippen LogP contribution in [0.1, 0.15) is 23.5 Å². The van der Waals surface area contributed by atoms with E-state index in [4.69, 9.17) is 5.73 Å². The van der Waals surface area contributed by atoms with Crippen molar-refractivity contribution in [2.75, 3.05) is 13.2 Å². The predicted molar refractivity (Wildman–Crippen MR) is 57.1 cm³/mol. The highest BCUT2D eigenvalue weighted by atomic mass is 16.3. The zero-order valence-corrected chi connectivity index (χ0v) is 8.53. The summed E-state index contributed by atoms with van der Waals surface area (Å²) in [7, 11) is 0. The quantitative estimate of drug-likeness (QED) is 0.759. The first-order valence-corrected chi connectivity index (χ1v) is 5.09. The van der Waals surface area contributed by atoms with Crippen molar-refractivity contribution >= 4 is 0 Å². The van der Waals surface area contributed by atoms with Gasteiger partial charge >= 0.3 is 0 Å². The van der Waals surface area contributed by atoms with Crippen LogP contribution in [0.15, 0.2) is 24.3 Å². The second-order valence-electron chi connectivity index (χ2n) is 4.39. The van der Waals surface area contributed by atoms with Crippen molar-refractivity contribution in [3.05, 3.63) is 35.4 Å². The van der Waals surface area contributed by atoms with Gasteiger partial charge < -0.3 is 10.8 Å². The molecule has 0 spiro atoms. The van der Waals surface area contributed by atoms with E-state index in [-0.39, 0.29) is 12.0 Å². The third-order valence-corrected chi connectivity index (χ3v) is 3.39. The summed E-state index contributed by atoms with van der Waals surface area (Å²) in [6.45, 7) is 2.88. The third kappa shape index (κ3) is 1.45. The number of hydrogen-bond acceptors (Lipinski definition) is 2. The van der Waals surface area contributed by atoms with Crippen molar-refractivity contribution in [3.8, 4) is 0 Å². The summed E-state index contributed by atoms with van der Waals surface area (Å²) < 4.78 is 0. The van der Waals surface area contributed by atoms with E-state index in [1.165, 1.54) is 11.1 Å². The summed E-state index contributed by atoms with van der Waals surface area (Å²) in [5.41, 5.74) is 8.25. The maximum Gasteiger partial charge on any atom is 0.0505 e. The third-order valence-electron chi connectivity index (χ3n) is 3.39. The fourth-order valence-corrected chi connectivity index (χ4v) is 2.08. The first-order chi connectivity index (χ1) is 6.72. The smallest absolute Gasteiger partial charge is 0.0505 e. The van der Waals surface area contributed by atoms with E-state index in [1.54, 1.807) is 0 Å². The number of aliphatic hydroxyl groups excluding tert-OH is 1. The summed E-state index contributed by atoms with van der Waals surface area (Å²) in [5.74, 6) is 0.470. The second kappa shape index (κ2) is 3.37. The molecule has 1 fully saturated rings. The molecule has 0 aliphatic heterocycles. The van der Waals surface area contributed by atoms with Gasteiger partial charge in [0.2, 0.25) is 0 Å². The Morgan fingerprint density at radius 1 is 1.43 bits per heavy atom. The van der Waals surface area contributed by atoms with Crippen molar-refractivity contribution in [3.63, 3.8) is 0 Å². The fourth-order valence-electron chi connectivity index (χ4n) is 2.08. The van der Waals surface area contributed by atoms with Gasteiger partial charge in [0.25, 0.3) is 0 Å². The molecule has 0 bridgehead atoms. The molecule has 3 N–H and O–H groups in total. The molecular formula is C12H17NO. The van der Waals surface area contributed by atoms with Crippen LogP contribution in [0.5, 0.6) is 0 Å². The first kappa shape index (κ1) is 9.69. The van der Waals surface area contributed by atoms with Gasteiger partial charge in [-0.3, -0.25) is 0 Å². The lowest BCUT2D eigenvalue weighted by molar-refractivity contribution is 0.211. The molecule has 1 aromatic rings. The number of rotatable bonds is 3. The minimum Gasteiger partial charge on any atom is -0.396 e. The Kier molecular flexibility index (Phi) is 2.33. The molecule has 1 saturated carbocycles. The molecule has 76 valence electrons. The van der Waals surface area contributed by atoms with Gasteiger partial charge in [-0.15, -0.1) is 0 Å². The zero-order valence-electron chi connectivity index (χ0n) is 8.53. The number of aliphatic hydroxyl groups is 1. The van der Waals surface area contributed by atoms with Gasteiger partial charge in [-0.2, -0.15) is 0 Å². The van der Waals surface area contributed by atoms with Gasteiger partial charge in [0.05, 0.1) is 6.61 Å². The van der Waals surface area contributed by atoms with E-state index in [9.17, 15) is 5.11 Å². The van der Waals surface area contributed by atoms with Crippen LogP contribution in [0, 0.1) is 12.3 Å². The summed E-state index contributed by atoms with van der Waals surface area (Å²) >= 11 is 0. The largest absolute Gasteiger partial charge is 0.396 e. The van der Waals surface area contributed by atoms with Gasteiger partial charge in [0, 0.05) is 12.0 Å². The highest BCUT2D eigenvalue weighted by Crippen LogP contribution is 2.58. The summed E-state index contributed by atoms with van der Waals surface area (Å²) in [6, 6.07) is 8.53. The SMILES string of the molecule is Cc1ccc([C@@H]2C[C@@]2(CN)CO)cc1. The Hall–Kier alpha value is -0.860. The Morgan fingerprint density at radius 2 is 2.07 bits per heavy atom. The number of aryl methyl sites for hydroxylation is 1. The number of benzene rings is 1. The fraction of sp³-hybridized carbons (Fsp3) is 0.500. The van der Waals surface area contributed by atoms with Crippen molar-refractivity contribution in [2.24, 2.45) is 11.1 Å². The number of hydrogen-bond donors (Lipinski definition) is 2. The standard InChI is InChI=1S/C12H17NO/c1-9-2-4-10(5-3-9)11-6-12(11,7-13)8-14/h2-5,11,14H,6-8,13H2,1H3/t11-,12+/m0/s1. The molecule has 2 atom stereocenters. The van der Waals surface area contributed by atoms with Crippen molar-refractivity contribution in [1.29, 1.82) is 0 Å². The van der Waals surface area contributed by atoms with Gasteiger partial charge in [-0.25, -0.2) is 0 Å². The average molecular weight is 191 g/mol. The van der Waals surface area contributed by atoms with E-state index in [0.717, 1.165) is 6.42 Å². The maximum atomic E-state index is 9.26. The van der Waals surface area contributed by atoms with E-state index < -0.39 is 0 Å². The molecule has 0 saturated heterocycles. The lowest BCUT2D eigenvalue weighted by Crippen LogP contribution is -2.21. The Morgan fingerprint density at radius 3 is 2.50 bits per heavy atom. The molecule has 0 unspecified atom stereocenters. The molecule has 0 amide bonds. The van der Waals surface area contributed by atoms with E-state index in [2.05, 4.69) is 31.2 Å². The normalized spacial score (nSPS) is 30.4.